The van der Waals surface area contributed by atoms with Crippen LogP contribution < -0.4 is 11.1 Å². The van der Waals surface area contributed by atoms with E-state index in [2.05, 4.69) is 12.2 Å². The minimum absolute atomic E-state index is 0.148. The number of hydrogen-bond donors (Lipinski definition) is 2. The third-order valence-electron chi connectivity index (χ3n) is 2.76. The van der Waals surface area contributed by atoms with Crippen molar-refractivity contribution in [3.05, 3.63) is 23.8 Å². The largest absolute Gasteiger partial charge is 0.418 e. The highest BCUT2D eigenvalue weighted by Crippen LogP contribution is 2.35. The van der Waals surface area contributed by atoms with E-state index in [1.807, 2.05) is 6.92 Å². The predicted molar refractivity (Wildman–Crippen MR) is 68.5 cm³/mol. The van der Waals surface area contributed by atoms with Crippen LogP contribution in [0.5, 0.6) is 0 Å². The van der Waals surface area contributed by atoms with E-state index in [4.69, 9.17) is 5.73 Å². The van der Waals surface area contributed by atoms with Crippen molar-refractivity contribution in [2.75, 3.05) is 11.1 Å². The Hall–Kier alpha value is -1.39. The number of nitrogen functional groups attached to an aromatic ring is 1. The lowest BCUT2D eigenvalue weighted by Gasteiger charge is -2.17. The molecule has 1 rings (SSSR count). The van der Waals surface area contributed by atoms with Crippen molar-refractivity contribution in [1.82, 2.24) is 0 Å². The van der Waals surface area contributed by atoms with Crippen LogP contribution in [0, 0.1) is 0 Å². The van der Waals surface area contributed by atoms with Gasteiger partial charge in [-0.25, -0.2) is 0 Å². The summed E-state index contributed by atoms with van der Waals surface area (Å²) in [7, 11) is 0. The number of nitrogens with two attached hydrogens (primary N) is 1. The maximum atomic E-state index is 12.7. The molecule has 2 nitrogen and oxygen atoms in total. The zero-order chi connectivity index (χ0) is 13.8. The van der Waals surface area contributed by atoms with E-state index in [9.17, 15) is 13.2 Å². The Balaban J connectivity index is 2.79. The molecule has 0 bridgehead atoms. The van der Waals surface area contributed by atoms with Gasteiger partial charge in [-0.1, -0.05) is 19.8 Å². The van der Waals surface area contributed by atoms with Crippen molar-refractivity contribution < 1.29 is 13.2 Å². The van der Waals surface area contributed by atoms with Gasteiger partial charge < -0.3 is 11.1 Å². The Morgan fingerprint density at radius 1 is 1.33 bits per heavy atom. The molecule has 0 aromatic heterocycles. The highest BCUT2D eigenvalue weighted by atomic mass is 19.4. The topological polar surface area (TPSA) is 38.0 Å². The molecule has 0 saturated carbocycles. The van der Waals surface area contributed by atoms with Crippen LogP contribution in [-0.4, -0.2) is 6.04 Å². The summed E-state index contributed by atoms with van der Waals surface area (Å²) in [4.78, 5) is 0. The maximum Gasteiger partial charge on any atom is 0.418 e. The van der Waals surface area contributed by atoms with Gasteiger partial charge in [-0.2, -0.15) is 13.2 Å². The summed E-state index contributed by atoms with van der Waals surface area (Å²) in [6.45, 7) is 4.04. The quantitative estimate of drug-likeness (QED) is 0.775. The van der Waals surface area contributed by atoms with Gasteiger partial charge in [0.15, 0.2) is 0 Å². The maximum absolute atomic E-state index is 12.7. The second-order valence-corrected chi connectivity index (χ2v) is 4.49. The highest BCUT2D eigenvalue weighted by molar-refractivity contribution is 5.58. The molecule has 18 heavy (non-hydrogen) atoms. The number of benzene rings is 1. The van der Waals surface area contributed by atoms with Crippen molar-refractivity contribution in [2.24, 2.45) is 0 Å². The normalized spacial score (nSPS) is 13.4. The van der Waals surface area contributed by atoms with Crippen molar-refractivity contribution in [3.8, 4) is 0 Å². The molecule has 102 valence electrons. The minimum Gasteiger partial charge on any atom is -0.398 e. The molecule has 0 aliphatic rings. The summed E-state index contributed by atoms with van der Waals surface area (Å²) in [5, 5.41) is 3.06. The van der Waals surface area contributed by atoms with Gasteiger partial charge in [0, 0.05) is 17.4 Å². The first kappa shape index (κ1) is 14.7. The minimum atomic E-state index is -4.41. The Bertz CT molecular complexity index is 388. The Morgan fingerprint density at radius 3 is 2.56 bits per heavy atom. The zero-order valence-electron chi connectivity index (χ0n) is 10.6. The molecule has 0 spiro atoms. The van der Waals surface area contributed by atoms with Crippen molar-refractivity contribution in [3.63, 3.8) is 0 Å². The summed E-state index contributed by atoms with van der Waals surface area (Å²) in [6.07, 6.45) is -1.35. The average Bonchev–Trinajstić information content (AvgIpc) is 2.27. The number of alkyl halides is 3. The molecule has 1 aromatic rings. The fraction of sp³-hybridized carbons (Fsp3) is 0.538. The Morgan fingerprint density at radius 2 is 2.00 bits per heavy atom. The average molecular weight is 260 g/mol. The van der Waals surface area contributed by atoms with Gasteiger partial charge in [0.1, 0.15) is 0 Å². The third kappa shape index (κ3) is 4.13. The molecule has 1 atom stereocenters. The lowest BCUT2D eigenvalue weighted by Crippen LogP contribution is -2.16. The van der Waals surface area contributed by atoms with Crippen LogP contribution in [0.1, 0.15) is 38.7 Å². The summed E-state index contributed by atoms with van der Waals surface area (Å²) < 4.78 is 38.0. The van der Waals surface area contributed by atoms with Gasteiger partial charge in [0.25, 0.3) is 0 Å². The number of halogens is 3. The fourth-order valence-corrected chi connectivity index (χ4v) is 1.76. The molecule has 1 aromatic carbocycles. The van der Waals surface area contributed by atoms with Crippen LogP contribution in [0.3, 0.4) is 0 Å². The number of anilines is 2. The first-order valence-corrected chi connectivity index (χ1v) is 6.08. The molecule has 5 heteroatoms. The van der Waals surface area contributed by atoms with E-state index in [0.29, 0.717) is 5.69 Å². The molecule has 0 saturated heterocycles. The third-order valence-corrected chi connectivity index (χ3v) is 2.76. The lowest BCUT2D eigenvalue weighted by molar-refractivity contribution is -0.136. The van der Waals surface area contributed by atoms with Crippen LogP contribution in [0.4, 0.5) is 24.5 Å². The van der Waals surface area contributed by atoms with E-state index >= 15 is 0 Å². The molecule has 0 amide bonds. The Kier molecular flexibility index (Phi) is 4.87. The molecular formula is C13H19F3N2. The van der Waals surface area contributed by atoms with Gasteiger partial charge in [-0.05, 0) is 31.5 Å². The van der Waals surface area contributed by atoms with Crippen LogP contribution in [0.15, 0.2) is 18.2 Å². The van der Waals surface area contributed by atoms with Gasteiger partial charge in [-0.3, -0.25) is 0 Å². The van der Waals surface area contributed by atoms with Crippen molar-refractivity contribution in [1.29, 1.82) is 0 Å². The number of hydrogen-bond acceptors (Lipinski definition) is 2. The van der Waals surface area contributed by atoms with Crippen molar-refractivity contribution in [2.45, 2.75) is 45.3 Å². The van der Waals surface area contributed by atoms with Crippen LogP contribution in [0.25, 0.3) is 0 Å². The Labute approximate surface area is 105 Å². The van der Waals surface area contributed by atoms with Gasteiger partial charge >= 0.3 is 6.18 Å². The molecule has 0 heterocycles. The first-order chi connectivity index (χ1) is 8.34. The second kappa shape index (κ2) is 5.98. The number of nitrogens with one attached hydrogen (secondary N) is 1. The predicted octanol–water partition coefficient (Wildman–Crippen LogP) is 4.28. The van der Waals surface area contributed by atoms with Crippen LogP contribution in [-0.2, 0) is 6.18 Å². The second-order valence-electron chi connectivity index (χ2n) is 4.49. The van der Waals surface area contributed by atoms with E-state index < -0.39 is 11.7 Å². The summed E-state index contributed by atoms with van der Waals surface area (Å²) in [6, 6.07) is 4.08. The van der Waals surface area contributed by atoms with Crippen molar-refractivity contribution >= 4 is 11.4 Å². The smallest absolute Gasteiger partial charge is 0.398 e. The summed E-state index contributed by atoms with van der Waals surface area (Å²) in [5.41, 5.74) is 4.77. The molecule has 0 aliphatic heterocycles. The monoisotopic (exact) mass is 260 g/mol. The molecule has 0 aliphatic carbocycles. The molecule has 0 radical (unpaired) electrons. The fourth-order valence-electron chi connectivity index (χ4n) is 1.76. The van der Waals surface area contributed by atoms with E-state index in [-0.39, 0.29) is 11.7 Å². The standard InChI is InChI=1S/C13H19F3N2/c1-3-4-5-9(2)18-10-6-7-12(17)11(8-10)13(14,15)16/h6-9,18H,3-5,17H2,1-2H3. The van der Waals surface area contributed by atoms with Crippen LogP contribution in [0.2, 0.25) is 0 Å². The van der Waals surface area contributed by atoms with Gasteiger partial charge in [0.2, 0.25) is 0 Å². The molecule has 0 fully saturated rings. The zero-order valence-corrected chi connectivity index (χ0v) is 10.6. The van der Waals surface area contributed by atoms with Crippen LogP contribution >= 0.6 is 0 Å². The summed E-state index contributed by atoms with van der Waals surface area (Å²) >= 11 is 0. The molecular weight excluding hydrogens is 241 g/mol. The van der Waals surface area contributed by atoms with E-state index in [0.717, 1.165) is 25.3 Å². The van der Waals surface area contributed by atoms with Gasteiger partial charge in [0.05, 0.1) is 5.56 Å². The van der Waals surface area contributed by atoms with E-state index in [1.165, 1.54) is 6.07 Å². The SMILES string of the molecule is CCCCC(C)Nc1ccc(N)c(C(F)(F)F)c1. The molecule has 3 N–H and O–H groups in total. The highest BCUT2D eigenvalue weighted by Gasteiger charge is 2.33. The summed E-state index contributed by atoms with van der Waals surface area (Å²) in [5.74, 6) is 0. The number of unbranched alkanes of at least 4 members (excludes halogenated alkanes) is 1. The van der Waals surface area contributed by atoms with E-state index in [1.54, 1.807) is 6.07 Å². The number of rotatable bonds is 5. The van der Waals surface area contributed by atoms with Gasteiger partial charge in [-0.15, -0.1) is 0 Å². The lowest BCUT2D eigenvalue weighted by atomic mass is 10.1. The first-order valence-electron chi connectivity index (χ1n) is 6.08. The molecule has 1 unspecified atom stereocenters.